The van der Waals surface area contributed by atoms with Crippen molar-refractivity contribution in [2.24, 2.45) is 0 Å². The van der Waals surface area contributed by atoms with E-state index >= 15 is 0 Å². The van der Waals surface area contributed by atoms with Gasteiger partial charge in [0, 0.05) is 35.5 Å². The van der Waals surface area contributed by atoms with Gasteiger partial charge >= 0.3 is 0 Å². The van der Waals surface area contributed by atoms with Crippen molar-refractivity contribution in [3.8, 4) is 0 Å². The Morgan fingerprint density at radius 1 is 1.29 bits per heavy atom. The molecule has 1 fully saturated rings. The highest BCUT2D eigenvalue weighted by Gasteiger charge is 2.25. The van der Waals surface area contributed by atoms with Gasteiger partial charge in [0.25, 0.3) is 11.6 Å². The van der Waals surface area contributed by atoms with Crippen LogP contribution < -0.4 is 10.6 Å². The molecule has 1 heterocycles. The molecule has 0 spiro atoms. The molecule has 2 N–H and O–H groups in total. The van der Waals surface area contributed by atoms with Gasteiger partial charge in [0.2, 0.25) is 0 Å². The average Bonchev–Trinajstić information content (AvgIpc) is 3.41. The third-order valence-corrected chi connectivity index (χ3v) is 6.35. The van der Waals surface area contributed by atoms with Crippen molar-refractivity contribution in [3.05, 3.63) is 49.5 Å². The number of hydrogen-bond donors (Lipinski definition) is 2. The number of thiazole rings is 1. The Hall–Kier alpha value is -2.48. The summed E-state index contributed by atoms with van der Waals surface area (Å²) in [6.07, 6.45) is 8.44. The molecule has 0 saturated heterocycles. The van der Waals surface area contributed by atoms with E-state index in [-0.39, 0.29) is 11.6 Å². The zero-order valence-corrected chi connectivity index (χ0v) is 16.5. The van der Waals surface area contributed by atoms with Gasteiger partial charge in [-0.05, 0) is 57.1 Å². The standard InChI is InChI=1S/C20H24N4O3S/c25-20(13-7-10-15(22-14-8-9-14)17(12-13)24(26)27)21-11-3-6-19-23-16-4-1-2-5-18(16)28-19/h7,10,12,14,22H,1-6,8-9,11H2,(H,21,25). The molecule has 0 radical (unpaired) electrons. The van der Waals surface area contributed by atoms with Gasteiger partial charge in [0.1, 0.15) is 5.69 Å². The quantitative estimate of drug-likeness (QED) is 0.398. The minimum absolute atomic E-state index is 0.0482. The number of nitro groups is 1. The van der Waals surface area contributed by atoms with Crippen molar-refractivity contribution in [1.29, 1.82) is 0 Å². The third-order valence-electron chi connectivity index (χ3n) is 5.14. The van der Waals surface area contributed by atoms with E-state index in [4.69, 9.17) is 4.98 Å². The number of nitrogens with one attached hydrogen (secondary N) is 2. The Balaban J connectivity index is 1.30. The summed E-state index contributed by atoms with van der Waals surface area (Å²) < 4.78 is 0. The zero-order valence-electron chi connectivity index (χ0n) is 15.7. The Bertz CT molecular complexity index is 868. The van der Waals surface area contributed by atoms with E-state index in [9.17, 15) is 14.9 Å². The van der Waals surface area contributed by atoms with Crippen LogP contribution in [0.1, 0.15) is 58.0 Å². The number of rotatable bonds is 8. The van der Waals surface area contributed by atoms with Gasteiger partial charge in [-0.25, -0.2) is 4.98 Å². The largest absolute Gasteiger partial charge is 0.377 e. The Morgan fingerprint density at radius 2 is 2.11 bits per heavy atom. The summed E-state index contributed by atoms with van der Waals surface area (Å²) in [5, 5.41) is 18.5. The maximum atomic E-state index is 12.4. The number of anilines is 1. The molecule has 148 valence electrons. The molecule has 2 aliphatic carbocycles. The molecular formula is C20H24N4O3S. The van der Waals surface area contributed by atoms with Crippen LogP contribution in [-0.2, 0) is 19.3 Å². The second-order valence-electron chi connectivity index (χ2n) is 7.45. The first-order valence-corrected chi connectivity index (χ1v) is 10.7. The lowest BCUT2D eigenvalue weighted by molar-refractivity contribution is -0.384. The van der Waals surface area contributed by atoms with E-state index in [0.29, 0.717) is 23.8 Å². The number of aryl methyl sites for hydroxylation is 3. The lowest BCUT2D eigenvalue weighted by Gasteiger charge is -2.08. The molecule has 28 heavy (non-hydrogen) atoms. The van der Waals surface area contributed by atoms with Crippen molar-refractivity contribution < 1.29 is 9.72 Å². The zero-order chi connectivity index (χ0) is 19.5. The van der Waals surface area contributed by atoms with Crippen LogP contribution in [0, 0.1) is 10.1 Å². The number of fused-ring (bicyclic) bond motifs is 1. The van der Waals surface area contributed by atoms with E-state index in [1.54, 1.807) is 23.5 Å². The molecule has 1 aromatic carbocycles. The number of amides is 1. The molecule has 0 atom stereocenters. The third kappa shape index (κ3) is 4.49. The Labute approximate surface area is 167 Å². The maximum absolute atomic E-state index is 12.4. The average molecular weight is 401 g/mol. The maximum Gasteiger partial charge on any atom is 0.293 e. The smallest absolute Gasteiger partial charge is 0.293 e. The van der Waals surface area contributed by atoms with E-state index in [2.05, 4.69) is 10.6 Å². The molecule has 0 bridgehead atoms. The van der Waals surface area contributed by atoms with Crippen molar-refractivity contribution in [1.82, 2.24) is 10.3 Å². The molecule has 0 aliphatic heterocycles. The molecule has 2 aromatic rings. The predicted molar refractivity (Wildman–Crippen MR) is 109 cm³/mol. The van der Waals surface area contributed by atoms with Crippen molar-refractivity contribution >= 4 is 28.6 Å². The van der Waals surface area contributed by atoms with Gasteiger partial charge in [-0.3, -0.25) is 14.9 Å². The molecule has 1 saturated carbocycles. The molecule has 1 amide bonds. The lowest BCUT2D eigenvalue weighted by Crippen LogP contribution is -2.25. The van der Waals surface area contributed by atoms with Gasteiger partial charge in [-0.15, -0.1) is 11.3 Å². The number of nitro benzene ring substituents is 1. The minimum Gasteiger partial charge on any atom is -0.377 e. The van der Waals surface area contributed by atoms with Crippen LogP contribution in [0.5, 0.6) is 0 Å². The normalized spacial score (nSPS) is 15.7. The van der Waals surface area contributed by atoms with Gasteiger partial charge in [-0.1, -0.05) is 0 Å². The van der Waals surface area contributed by atoms with Crippen LogP contribution in [0.2, 0.25) is 0 Å². The van der Waals surface area contributed by atoms with Crippen molar-refractivity contribution in [3.63, 3.8) is 0 Å². The van der Waals surface area contributed by atoms with E-state index in [0.717, 1.165) is 43.5 Å². The summed E-state index contributed by atoms with van der Waals surface area (Å²) >= 11 is 1.80. The Kier molecular flexibility index (Phi) is 5.57. The number of nitrogens with zero attached hydrogens (tertiary/aromatic N) is 2. The Morgan fingerprint density at radius 3 is 2.86 bits per heavy atom. The number of aromatic nitrogens is 1. The molecule has 2 aliphatic rings. The topological polar surface area (TPSA) is 97.2 Å². The second kappa shape index (κ2) is 8.26. The minimum atomic E-state index is -0.439. The summed E-state index contributed by atoms with van der Waals surface area (Å²) in [6, 6.07) is 4.94. The highest BCUT2D eigenvalue weighted by molar-refractivity contribution is 7.11. The molecule has 8 heteroatoms. The first-order chi connectivity index (χ1) is 13.6. The summed E-state index contributed by atoms with van der Waals surface area (Å²) in [4.78, 5) is 29.4. The number of carbonyl (C=O) groups excluding carboxylic acids is 1. The van der Waals surface area contributed by atoms with Crippen LogP contribution in [0.4, 0.5) is 11.4 Å². The van der Waals surface area contributed by atoms with E-state index in [1.165, 1.54) is 29.5 Å². The first kappa shape index (κ1) is 18.9. The van der Waals surface area contributed by atoms with Crippen molar-refractivity contribution in [2.75, 3.05) is 11.9 Å². The van der Waals surface area contributed by atoms with Gasteiger partial charge in [0.05, 0.1) is 15.6 Å². The molecule has 7 nitrogen and oxygen atoms in total. The van der Waals surface area contributed by atoms with E-state index < -0.39 is 4.92 Å². The number of carbonyl (C=O) groups is 1. The van der Waals surface area contributed by atoms with Gasteiger partial charge < -0.3 is 10.6 Å². The van der Waals surface area contributed by atoms with E-state index in [1.807, 2.05) is 0 Å². The van der Waals surface area contributed by atoms with Crippen molar-refractivity contribution in [2.45, 2.75) is 57.4 Å². The molecular weight excluding hydrogens is 376 g/mol. The molecule has 4 rings (SSSR count). The number of hydrogen-bond acceptors (Lipinski definition) is 6. The van der Waals surface area contributed by atoms with Crippen LogP contribution in [0.15, 0.2) is 18.2 Å². The monoisotopic (exact) mass is 400 g/mol. The van der Waals surface area contributed by atoms with Crippen LogP contribution in [0.25, 0.3) is 0 Å². The molecule has 1 aromatic heterocycles. The van der Waals surface area contributed by atoms with Gasteiger partial charge in [0.15, 0.2) is 0 Å². The van der Waals surface area contributed by atoms with Crippen LogP contribution in [-0.4, -0.2) is 28.4 Å². The second-order valence-corrected chi connectivity index (χ2v) is 8.62. The number of benzene rings is 1. The van der Waals surface area contributed by atoms with Crippen LogP contribution >= 0.6 is 11.3 Å². The fraction of sp³-hybridized carbons (Fsp3) is 0.500. The highest BCUT2D eigenvalue weighted by Crippen LogP contribution is 2.31. The summed E-state index contributed by atoms with van der Waals surface area (Å²) in [7, 11) is 0. The fourth-order valence-corrected chi connectivity index (χ4v) is 4.65. The first-order valence-electron chi connectivity index (χ1n) is 9.91. The fourth-order valence-electron chi connectivity index (χ4n) is 3.45. The van der Waals surface area contributed by atoms with Crippen LogP contribution in [0.3, 0.4) is 0 Å². The summed E-state index contributed by atoms with van der Waals surface area (Å²) in [5.41, 5.74) is 2.02. The molecule has 0 unspecified atom stereocenters. The highest BCUT2D eigenvalue weighted by atomic mass is 32.1. The van der Waals surface area contributed by atoms with Gasteiger partial charge in [-0.2, -0.15) is 0 Å². The summed E-state index contributed by atoms with van der Waals surface area (Å²) in [5.74, 6) is -0.278. The predicted octanol–water partition coefficient (Wildman–Crippen LogP) is 3.87. The summed E-state index contributed by atoms with van der Waals surface area (Å²) in [6.45, 7) is 0.527. The lowest BCUT2D eigenvalue weighted by atomic mass is 10.0. The SMILES string of the molecule is O=C(NCCCc1nc2c(s1)CCCC2)c1ccc(NC2CC2)c([N+](=O)[O-])c1.